The van der Waals surface area contributed by atoms with E-state index in [0.29, 0.717) is 30.1 Å². The highest BCUT2D eigenvalue weighted by molar-refractivity contribution is 7.17. The van der Waals surface area contributed by atoms with Gasteiger partial charge in [0.05, 0.1) is 10.5 Å². The summed E-state index contributed by atoms with van der Waals surface area (Å²) in [5, 5.41) is 17.2. The summed E-state index contributed by atoms with van der Waals surface area (Å²) in [6.45, 7) is 1.01. The SMILES string of the molecule is COCCCNC(=O)c1c(NC(=O)c2ccc(Cl)c([N+](=O)[O-])c2)sc2c1CCCC2. The second-order valence-corrected chi connectivity index (χ2v) is 8.41. The molecule has 0 spiro atoms. The Morgan fingerprint density at radius 1 is 1.27 bits per heavy atom. The molecule has 0 radical (unpaired) electrons. The van der Waals surface area contributed by atoms with Gasteiger partial charge in [-0.1, -0.05) is 11.6 Å². The van der Waals surface area contributed by atoms with Crippen molar-refractivity contribution in [2.75, 3.05) is 25.6 Å². The van der Waals surface area contributed by atoms with Crippen LogP contribution in [0.5, 0.6) is 0 Å². The van der Waals surface area contributed by atoms with Gasteiger partial charge in [0.25, 0.3) is 17.5 Å². The number of methoxy groups -OCH3 is 1. The van der Waals surface area contributed by atoms with Gasteiger partial charge in [0, 0.05) is 36.8 Å². The Kier molecular flexibility index (Phi) is 7.41. The van der Waals surface area contributed by atoms with Crippen LogP contribution in [0, 0.1) is 10.1 Å². The molecule has 1 aliphatic rings. The number of nitrogens with zero attached hydrogens (tertiary/aromatic N) is 1. The van der Waals surface area contributed by atoms with Crippen LogP contribution in [-0.2, 0) is 17.6 Å². The van der Waals surface area contributed by atoms with E-state index >= 15 is 0 Å². The highest BCUT2D eigenvalue weighted by Gasteiger charge is 2.27. The number of nitrogens with one attached hydrogen (secondary N) is 2. The molecule has 1 aromatic carbocycles. The van der Waals surface area contributed by atoms with Crippen LogP contribution in [0.2, 0.25) is 5.02 Å². The molecule has 1 aliphatic carbocycles. The lowest BCUT2D eigenvalue weighted by atomic mass is 9.95. The number of thiophene rings is 1. The van der Waals surface area contributed by atoms with E-state index in [1.165, 1.54) is 23.5 Å². The minimum atomic E-state index is -0.637. The van der Waals surface area contributed by atoms with Crippen molar-refractivity contribution < 1.29 is 19.2 Å². The Bertz CT molecular complexity index is 976. The summed E-state index contributed by atoms with van der Waals surface area (Å²) in [4.78, 5) is 37.2. The third-order valence-electron chi connectivity index (χ3n) is 4.84. The second kappa shape index (κ2) is 10.0. The topological polar surface area (TPSA) is 111 Å². The number of anilines is 1. The quantitative estimate of drug-likeness (QED) is 0.355. The molecule has 2 aromatic rings. The molecule has 30 heavy (non-hydrogen) atoms. The number of benzene rings is 1. The first-order chi connectivity index (χ1) is 14.4. The summed E-state index contributed by atoms with van der Waals surface area (Å²) in [6.07, 6.45) is 4.37. The number of hydrogen-bond acceptors (Lipinski definition) is 6. The number of aryl methyl sites for hydroxylation is 1. The van der Waals surface area contributed by atoms with E-state index in [9.17, 15) is 19.7 Å². The van der Waals surface area contributed by atoms with E-state index in [-0.39, 0.29) is 22.2 Å². The minimum Gasteiger partial charge on any atom is -0.385 e. The molecule has 1 aromatic heterocycles. The maximum Gasteiger partial charge on any atom is 0.288 e. The maximum atomic E-state index is 12.9. The largest absolute Gasteiger partial charge is 0.385 e. The van der Waals surface area contributed by atoms with Gasteiger partial charge in [-0.2, -0.15) is 0 Å². The standard InChI is InChI=1S/C20H22ClN3O5S/c1-29-10-4-9-22-19(26)17-13-5-2-3-6-16(13)30-20(17)23-18(25)12-7-8-14(21)15(11-12)24(27)28/h7-8,11H,2-6,9-10H2,1H3,(H,22,26)(H,23,25). The van der Waals surface area contributed by atoms with Gasteiger partial charge >= 0.3 is 0 Å². The number of halogens is 1. The van der Waals surface area contributed by atoms with Crippen LogP contribution in [0.1, 0.15) is 50.4 Å². The maximum absolute atomic E-state index is 12.9. The molecule has 160 valence electrons. The van der Waals surface area contributed by atoms with Crippen LogP contribution in [0.3, 0.4) is 0 Å². The lowest BCUT2D eigenvalue weighted by Gasteiger charge is -2.13. The zero-order chi connectivity index (χ0) is 21.7. The molecule has 8 nitrogen and oxygen atoms in total. The number of amides is 2. The van der Waals surface area contributed by atoms with E-state index < -0.39 is 10.8 Å². The molecule has 0 fully saturated rings. The van der Waals surface area contributed by atoms with Crippen molar-refractivity contribution in [3.05, 3.63) is 54.9 Å². The highest BCUT2D eigenvalue weighted by Crippen LogP contribution is 2.38. The molecule has 0 unspecified atom stereocenters. The molecular weight excluding hydrogens is 430 g/mol. The average Bonchev–Trinajstić information content (AvgIpc) is 3.09. The van der Waals surface area contributed by atoms with Crippen LogP contribution < -0.4 is 10.6 Å². The fourth-order valence-corrected chi connectivity index (χ4v) is 4.84. The van der Waals surface area contributed by atoms with Crippen molar-refractivity contribution in [2.45, 2.75) is 32.1 Å². The molecule has 3 rings (SSSR count). The van der Waals surface area contributed by atoms with Crippen LogP contribution in [0.25, 0.3) is 0 Å². The van der Waals surface area contributed by atoms with Crippen LogP contribution in [0.15, 0.2) is 18.2 Å². The van der Waals surface area contributed by atoms with E-state index in [1.54, 1.807) is 7.11 Å². The Labute approximate surface area is 182 Å². The molecule has 10 heteroatoms. The van der Waals surface area contributed by atoms with Gasteiger partial charge in [0.2, 0.25) is 0 Å². The number of rotatable bonds is 8. The van der Waals surface area contributed by atoms with Gasteiger partial charge in [-0.25, -0.2) is 0 Å². The predicted octanol–water partition coefficient (Wildman–Crippen LogP) is 4.21. The van der Waals surface area contributed by atoms with Gasteiger partial charge < -0.3 is 15.4 Å². The summed E-state index contributed by atoms with van der Waals surface area (Å²) >= 11 is 7.22. The average molecular weight is 452 g/mol. The minimum absolute atomic E-state index is 0.0423. The number of nitro groups is 1. The Hall–Kier alpha value is -2.49. The molecule has 0 aliphatic heterocycles. The van der Waals surface area contributed by atoms with Crippen LogP contribution in [-0.4, -0.2) is 37.0 Å². The lowest BCUT2D eigenvalue weighted by Crippen LogP contribution is -2.27. The number of carbonyl (C=O) groups excluding carboxylic acids is 2. The van der Waals surface area contributed by atoms with Gasteiger partial charge in [-0.3, -0.25) is 19.7 Å². The zero-order valence-electron chi connectivity index (χ0n) is 16.5. The first-order valence-electron chi connectivity index (χ1n) is 9.59. The molecule has 0 atom stereocenters. The predicted molar refractivity (Wildman–Crippen MR) is 116 cm³/mol. The number of nitro benzene ring substituents is 1. The first-order valence-corrected chi connectivity index (χ1v) is 10.8. The van der Waals surface area contributed by atoms with Crippen molar-refractivity contribution in [3.63, 3.8) is 0 Å². The van der Waals surface area contributed by atoms with Crippen molar-refractivity contribution in [1.29, 1.82) is 0 Å². The van der Waals surface area contributed by atoms with Gasteiger partial charge in [0.15, 0.2) is 0 Å². The molecule has 2 amide bonds. The van der Waals surface area contributed by atoms with E-state index in [4.69, 9.17) is 16.3 Å². The summed E-state index contributed by atoms with van der Waals surface area (Å²) < 4.78 is 5.00. The number of carbonyl (C=O) groups is 2. The molecule has 0 saturated carbocycles. The van der Waals surface area contributed by atoms with Crippen molar-refractivity contribution in [1.82, 2.24) is 5.32 Å². The van der Waals surface area contributed by atoms with Crippen molar-refractivity contribution in [2.24, 2.45) is 0 Å². The monoisotopic (exact) mass is 451 g/mol. The third kappa shape index (κ3) is 4.97. The first kappa shape index (κ1) is 22.2. The fraction of sp³-hybridized carbons (Fsp3) is 0.400. The lowest BCUT2D eigenvalue weighted by molar-refractivity contribution is -0.384. The molecule has 0 bridgehead atoms. The molecule has 2 N–H and O–H groups in total. The van der Waals surface area contributed by atoms with Gasteiger partial charge in [-0.15, -0.1) is 11.3 Å². The van der Waals surface area contributed by atoms with E-state index in [0.717, 1.165) is 42.2 Å². The highest BCUT2D eigenvalue weighted by atomic mass is 35.5. The summed E-state index contributed by atoms with van der Waals surface area (Å²) in [5.74, 6) is -0.760. The van der Waals surface area contributed by atoms with E-state index in [1.807, 2.05) is 0 Å². The normalized spacial score (nSPS) is 12.9. The number of fused-ring (bicyclic) bond motifs is 1. The fourth-order valence-electron chi connectivity index (χ4n) is 3.37. The molecule has 1 heterocycles. The van der Waals surface area contributed by atoms with Gasteiger partial charge in [0.1, 0.15) is 10.0 Å². The Balaban J connectivity index is 1.85. The second-order valence-electron chi connectivity index (χ2n) is 6.89. The Morgan fingerprint density at radius 2 is 2.03 bits per heavy atom. The Morgan fingerprint density at radius 3 is 2.77 bits per heavy atom. The van der Waals surface area contributed by atoms with Crippen LogP contribution in [0.4, 0.5) is 10.7 Å². The smallest absolute Gasteiger partial charge is 0.288 e. The number of ether oxygens (including phenoxy) is 1. The van der Waals surface area contributed by atoms with Crippen molar-refractivity contribution >= 4 is 45.4 Å². The third-order valence-corrected chi connectivity index (χ3v) is 6.37. The zero-order valence-corrected chi connectivity index (χ0v) is 18.0. The summed E-state index contributed by atoms with van der Waals surface area (Å²) in [6, 6.07) is 3.87. The number of hydrogen-bond donors (Lipinski definition) is 2. The molecule has 0 saturated heterocycles. The van der Waals surface area contributed by atoms with E-state index in [2.05, 4.69) is 10.6 Å². The van der Waals surface area contributed by atoms with Crippen molar-refractivity contribution in [3.8, 4) is 0 Å². The van der Waals surface area contributed by atoms with Crippen LogP contribution >= 0.6 is 22.9 Å². The summed E-state index contributed by atoms with van der Waals surface area (Å²) in [5.41, 5.74) is 1.23. The molecular formula is C20H22ClN3O5S. The summed E-state index contributed by atoms with van der Waals surface area (Å²) in [7, 11) is 1.60. The van der Waals surface area contributed by atoms with Gasteiger partial charge in [-0.05, 0) is 49.8 Å².